The molecule has 1 heterocycles. The van der Waals surface area contributed by atoms with Gasteiger partial charge in [0.1, 0.15) is 0 Å². The molecule has 0 saturated heterocycles. The summed E-state index contributed by atoms with van der Waals surface area (Å²) < 4.78 is 14.8. The molecule has 0 N–H and O–H groups in total. The van der Waals surface area contributed by atoms with Crippen LogP contribution < -0.4 is 4.90 Å². The highest BCUT2D eigenvalue weighted by Gasteiger charge is 2.20. The number of carbonyl (C=O) groups is 1. The van der Waals surface area contributed by atoms with Gasteiger partial charge < -0.3 is 19.1 Å². The molecule has 6 nitrogen and oxygen atoms in total. The van der Waals surface area contributed by atoms with E-state index in [9.17, 15) is 4.79 Å². The van der Waals surface area contributed by atoms with E-state index < -0.39 is 5.97 Å². The predicted octanol–water partition coefficient (Wildman–Crippen LogP) is 2.07. The molecule has 0 aliphatic rings. The Morgan fingerprint density at radius 3 is 2.55 bits per heavy atom. The lowest BCUT2D eigenvalue weighted by Gasteiger charge is -2.21. The molecule has 1 aromatic rings. The minimum atomic E-state index is -0.470. The van der Waals surface area contributed by atoms with E-state index >= 15 is 0 Å². The highest BCUT2D eigenvalue weighted by molar-refractivity contribution is 7.18. The normalized spacial score (nSPS) is 10.6. The summed E-state index contributed by atoms with van der Waals surface area (Å²) in [6.07, 6.45) is 0.852. The average Bonchev–Trinajstić information content (AvgIpc) is 2.83. The van der Waals surface area contributed by atoms with Gasteiger partial charge >= 0.3 is 5.97 Å². The Labute approximate surface area is 127 Å². The first-order chi connectivity index (χ1) is 9.63. The van der Waals surface area contributed by atoms with Gasteiger partial charge in [0.25, 0.3) is 0 Å². The summed E-state index contributed by atoms with van der Waals surface area (Å²) in [7, 11) is 4.62. The Morgan fingerprint density at radius 1 is 1.25 bits per heavy atom. The molecule has 0 radical (unpaired) electrons. The van der Waals surface area contributed by atoms with Crippen molar-refractivity contribution in [3.05, 3.63) is 10.0 Å². The first-order valence-electron chi connectivity index (χ1n) is 6.11. The zero-order chi connectivity index (χ0) is 15.0. The second-order valence-corrected chi connectivity index (χ2v) is 5.27. The summed E-state index contributed by atoms with van der Waals surface area (Å²) in [4.78, 5) is 18.1. The van der Waals surface area contributed by atoms with Crippen LogP contribution in [0.2, 0.25) is 5.15 Å². The lowest BCUT2D eigenvalue weighted by molar-refractivity contribution is 0.0606. The van der Waals surface area contributed by atoms with Crippen LogP contribution >= 0.6 is 22.9 Å². The summed E-state index contributed by atoms with van der Waals surface area (Å²) in [6, 6.07) is 0. The molecule has 0 aliphatic carbocycles. The fourth-order valence-corrected chi connectivity index (χ4v) is 2.80. The Morgan fingerprint density at radius 2 is 1.95 bits per heavy atom. The largest absolute Gasteiger partial charge is 0.465 e. The smallest absolute Gasteiger partial charge is 0.351 e. The molecule has 0 bridgehead atoms. The number of methoxy groups -OCH3 is 3. The number of carbonyl (C=O) groups excluding carboxylic acids is 1. The average molecular weight is 323 g/mol. The third-order valence-electron chi connectivity index (χ3n) is 2.56. The number of thiazole rings is 1. The van der Waals surface area contributed by atoms with Gasteiger partial charge in [0.15, 0.2) is 15.2 Å². The molecular formula is C12H19ClN2O4S. The molecule has 0 aromatic carbocycles. The third-order valence-corrected chi connectivity index (χ3v) is 4.04. The van der Waals surface area contributed by atoms with Crippen LogP contribution in [0.5, 0.6) is 0 Å². The van der Waals surface area contributed by atoms with Crippen LogP contribution in [0.15, 0.2) is 0 Å². The van der Waals surface area contributed by atoms with E-state index in [1.54, 1.807) is 14.2 Å². The number of anilines is 1. The molecule has 0 fully saturated rings. The monoisotopic (exact) mass is 322 g/mol. The Hall–Kier alpha value is -0.890. The molecular weight excluding hydrogens is 304 g/mol. The van der Waals surface area contributed by atoms with Gasteiger partial charge in [0.05, 0.1) is 13.7 Å². The van der Waals surface area contributed by atoms with E-state index in [2.05, 4.69) is 9.72 Å². The number of ether oxygens (including phenoxy) is 3. The third kappa shape index (κ3) is 4.90. The quantitative estimate of drug-likeness (QED) is 0.512. The van der Waals surface area contributed by atoms with Gasteiger partial charge in [0.2, 0.25) is 0 Å². The second kappa shape index (κ2) is 9.12. The zero-order valence-corrected chi connectivity index (χ0v) is 13.4. The topological polar surface area (TPSA) is 60.9 Å². The van der Waals surface area contributed by atoms with Gasteiger partial charge in [-0.15, -0.1) is 0 Å². The molecule has 0 spiro atoms. The lowest BCUT2D eigenvalue weighted by atomic mass is 10.4. The number of hydrogen-bond donors (Lipinski definition) is 0. The number of rotatable bonds is 9. The van der Waals surface area contributed by atoms with Crippen molar-refractivity contribution in [1.82, 2.24) is 4.98 Å². The van der Waals surface area contributed by atoms with Gasteiger partial charge in [-0.3, -0.25) is 0 Å². The van der Waals surface area contributed by atoms with Gasteiger partial charge in [-0.1, -0.05) is 22.9 Å². The van der Waals surface area contributed by atoms with Gasteiger partial charge in [-0.25, -0.2) is 9.78 Å². The molecule has 0 saturated carbocycles. The standard InChI is InChI=1S/C12H19ClN2O4S/c1-17-7-4-5-15(6-8-18-2)12-14-10(13)9(20-12)11(16)19-3/h4-8H2,1-3H3. The van der Waals surface area contributed by atoms with Crippen LogP contribution in [0, 0.1) is 0 Å². The molecule has 114 valence electrons. The van der Waals surface area contributed by atoms with Gasteiger partial charge in [-0.2, -0.15) is 0 Å². The lowest BCUT2D eigenvalue weighted by Crippen LogP contribution is -2.28. The van der Waals surface area contributed by atoms with Crippen molar-refractivity contribution in [3.8, 4) is 0 Å². The molecule has 0 aliphatic heterocycles. The highest BCUT2D eigenvalue weighted by atomic mass is 35.5. The number of nitrogens with zero attached hydrogens (tertiary/aromatic N) is 2. The van der Waals surface area contributed by atoms with Crippen LogP contribution in [-0.2, 0) is 14.2 Å². The SMILES string of the molecule is COCCCN(CCOC)c1nc(Cl)c(C(=O)OC)s1. The summed E-state index contributed by atoms with van der Waals surface area (Å²) in [5.41, 5.74) is 0. The van der Waals surface area contributed by atoms with Crippen LogP contribution in [0.1, 0.15) is 16.1 Å². The minimum absolute atomic E-state index is 0.172. The molecule has 1 rings (SSSR count). The van der Waals surface area contributed by atoms with Crippen molar-refractivity contribution in [1.29, 1.82) is 0 Å². The van der Waals surface area contributed by atoms with E-state index in [4.69, 9.17) is 21.1 Å². The maximum Gasteiger partial charge on any atom is 0.351 e. The van der Waals surface area contributed by atoms with Gasteiger partial charge in [0, 0.05) is 33.9 Å². The highest BCUT2D eigenvalue weighted by Crippen LogP contribution is 2.30. The molecule has 0 amide bonds. The zero-order valence-electron chi connectivity index (χ0n) is 11.8. The Bertz CT molecular complexity index is 428. The summed E-state index contributed by atoms with van der Waals surface area (Å²) >= 11 is 7.19. The van der Waals surface area contributed by atoms with Crippen LogP contribution in [0.4, 0.5) is 5.13 Å². The molecule has 0 unspecified atom stereocenters. The second-order valence-electron chi connectivity index (χ2n) is 3.93. The number of aromatic nitrogens is 1. The first kappa shape index (κ1) is 17.2. The van der Waals surface area contributed by atoms with Gasteiger partial charge in [-0.05, 0) is 6.42 Å². The molecule has 0 atom stereocenters. The number of hydrogen-bond acceptors (Lipinski definition) is 7. The van der Waals surface area contributed by atoms with E-state index in [1.165, 1.54) is 18.4 Å². The van der Waals surface area contributed by atoms with E-state index in [1.807, 2.05) is 4.90 Å². The Balaban J connectivity index is 2.80. The fourth-order valence-electron chi connectivity index (χ4n) is 1.55. The van der Waals surface area contributed by atoms with Crippen LogP contribution in [-0.4, -0.2) is 58.6 Å². The molecule has 8 heteroatoms. The van der Waals surface area contributed by atoms with E-state index in [-0.39, 0.29) is 5.15 Å². The molecule has 20 heavy (non-hydrogen) atoms. The predicted molar refractivity (Wildman–Crippen MR) is 79.0 cm³/mol. The summed E-state index contributed by atoms with van der Waals surface area (Å²) in [5.74, 6) is -0.470. The summed E-state index contributed by atoms with van der Waals surface area (Å²) in [5, 5.41) is 0.856. The van der Waals surface area contributed by atoms with Crippen molar-refractivity contribution >= 4 is 34.0 Å². The van der Waals surface area contributed by atoms with E-state index in [0.29, 0.717) is 29.8 Å². The van der Waals surface area contributed by atoms with E-state index in [0.717, 1.165) is 13.0 Å². The van der Waals surface area contributed by atoms with Crippen molar-refractivity contribution in [2.75, 3.05) is 52.5 Å². The van der Waals surface area contributed by atoms with Crippen LogP contribution in [0.3, 0.4) is 0 Å². The number of esters is 1. The first-order valence-corrected chi connectivity index (χ1v) is 7.31. The van der Waals surface area contributed by atoms with Crippen molar-refractivity contribution < 1.29 is 19.0 Å². The fraction of sp³-hybridized carbons (Fsp3) is 0.667. The Kier molecular flexibility index (Phi) is 7.83. The van der Waals surface area contributed by atoms with Crippen molar-refractivity contribution in [2.45, 2.75) is 6.42 Å². The van der Waals surface area contributed by atoms with Crippen LogP contribution in [0.25, 0.3) is 0 Å². The number of halogens is 1. The maximum atomic E-state index is 11.5. The molecule has 1 aromatic heterocycles. The van der Waals surface area contributed by atoms with Crippen molar-refractivity contribution in [3.63, 3.8) is 0 Å². The van der Waals surface area contributed by atoms with Crippen molar-refractivity contribution in [2.24, 2.45) is 0 Å². The summed E-state index contributed by atoms with van der Waals surface area (Å²) in [6.45, 7) is 2.65. The minimum Gasteiger partial charge on any atom is -0.465 e. The maximum absolute atomic E-state index is 11.5.